The molecule has 3 aliphatic rings. The second kappa shape index (κ2) is 6.81. The van der Waals surface area contributed by atoms with Gasteiger partial charge in [-0.15, -0.1) is 0 Å². The fourth-order valence-corrected chi connectivity index (χ4v) is 5.89. The Balaban J connectivity index is 1.36. The summed E-state index contributed by atoms with van der Waals surface area (Å²) in [5.41, 5.74) is 2.03. The highest BCUT2D eigenvalue weighted by molar-refractivity contribution is 7.90. The molecule has 0 radical (unpaired) electrons. The van der Waals surface area contributed by atoms with Crippen LogP contribution in [0.15, 0.2) is 53.4 Å². The van der Waals surface area contributed by atoms with Crippen LogP contribution in [-0.4, -0.2) is 53.8 Å². The van der Waals surface area contributed by atoms with Crippen molar-refractivity contribution < 1.29 is 27.5 Å². The first-order valence-electron chi connectivity index (χ1n) is 9.68. The van der Waals surface area contributed by atoms with Crippen molar-refractivity contribution >= 4 is 33.2 Å². The number of sulfonamides is 1. The zero-order valence-corrected chi connectivity index (χ0v) is 17.0. The van der Waals surface area contributed by atoms with Crippen molar-refractivity contribution in [2.45, 2.75) is 17.4 Å². The van der Waals surface area contributed by atoms with Gasteiger partial charge in [-0.05, 0) is 47.9 Å². The van der Waals surface area contributed by atoms with Crippen molar-refractivity contribution in [3.8, 4) is 5.75 Å². The van der Waals surface area contributed by atoms with E-state index in [9.17, 15) is 27.5 Å². The van der Waals surface area contributed by atoms with Crippen molar-refractivity contribution in [3.05, 3.63) is 59.9 Å². The van der Waals surface area contributed by atoms with E-state index < -0.39 is 34.3 Å². The minimum Gasteiger partial charge on any atom is -0.508 e. The molecule has 2 atom stereocenters. The van der Waals surface area contributed by atoms with Crippen LogP contribution < -0.4 is 5.32 Å². The number of benzene rings is 2. The maximum absolute atomic E-state index is 13.6. The van der Waals surface area contributed by atoms with Crippen molar-refractivity contribution in [2.75, 3.05) is 18.4 Å². The Morgan fingerprint density at radius 1 is 1.19 bits per heavy atom. The van der Waals surface area contributed by atoms with Crippen molar-refractivity contribution in [1.82, 2.24) is 9.21 Å². The first-order chi connectivity index (χ1) is 14.7. The third kappa shape index (κ3) is 3.14. The molecule has 8 nitrogen and oxygen atoms in total. The van der Waals surface area contributed by atoms with Gasteiger partial charge in [0.1, 0.15) is 23.0 Å². The van der Waals surface area contributed by atoms with Gasteiger partial charge in [0.2, 0.25) is 5.91 Å². The average Bonchev–Trinajstić information content (AvgIpc) is 3.33. The number of hydrogen-bond acceptors (Lipinski definition) is 5. The molecular weight excluding hydrogens is 425 g/mol. The molecule has 1 saturated heterocycles. The van der Waals surface area contributed by atoms with Gasteiger partial charge in [0, 0.05) is 12.5 Å². The molecule has 0 unspecified atom stereocenters. The molecule has 3 amide bonds. The molecule has 31 heavy (non-hydrogen) atoms. The quantitative estimate of drug-likeness (QED) is 0.758. The Labute approximate surface area is 177 Å². The minimum atomic E-state index is -4.36. The molecule has 0 aromatic heterocycles. The number of fused-ring (bicyclic) bond motifs is 3. The summed E-state index contributed by atoms with van der Waals surface area (Å²) in [6.45, 7) is -0.243. The van der Waals surface area contributed by atoms with Gasteiger partial charge in [0.05, 0.1) is 11.7 Å². The monoisotopic (exact) mass is 443 g/mol. The summed E-state index contributed by atoms with van der Waals surface area (Å²) in [5.74, 6) is -0.979. The highest BCUT2D eigenvalue weighted by Gasteiger charge is 2.44. The van der Waals surface area contributed by atoms with Crippen LogP contribution in [0.3, 0.4) is 0 Å². The molecule has 2 N–H and O–H groups in total. The molecule has 160 valence electrons. The maximum atomic E-state index is 13.6. The molecule has 5 rings (SSSR count). The summed E-state index contributed by atoms with van der Waals surface area (Å²) in [4.78, 5) is 26.5. The largest absolute Gasteiger partial charge is 0.508 e. The van der Waals surface area contributed by atoms with Crippen molar-refractivity contribution in [2.24, 2.45) is 5.92 Å². The number of hydrogen-bond donors (Lipinski definition) is 2. The molecule has 10 heteroatoms. The number of carbonyl (C=O) groups excluding carboxylic acids is 2. The number of rotatable bonds is 3. The summed E-state index contributed by atoms with van der Waals surface area (Å²) < 4.78 is 39.7. The second-order valence-corrected chi connectivity index (χ2v) is 9.63. The molecule has 2 aliphatic heterocycles. The summed E-state index contributed by atoms with van der Waals surface area (Å²) in [6.07, 6.45) is 2.68. The Bertz CT molecular complexity index is 1240. The normalized spacial score (nSPS) is 23.4. The van der Waals surface area contributed by atoms with E-state index in [0.717, 1.165) is 29.7 Å². The number of likely N-dealkylation sites (tertiary alicyclic amines) is 1. The number of aromatic hydroxyl groups is 1. The summed E-state index contributed by atoms with van der Waals surface area (Å²) in [5, 5.41) is 11.9. The summed E-state index contributed by atoms with van der Waals surface area (Å²) in [6, 6.07) is 8.75. The Morgan fingerprint density at radius 3 is 2.61 bits per heavy atom. The predicted octanol–water partition coefficient (Wildman–Crippen LogP) is 2.38. The first kappa shape index (κ1) is 19.6. The maximum Gasteiger partial charge on any atom is 0.336 e. The zero-order chi connectivity index (χ0) is 21.9. The van der Waals surface area contributed by atoms with Gasteiger partial charge < -0.3 is 15.3 Å². The van der Waals surface area contributed by atoms with E-state index in [1.165, 1.54) is 6.07 Å². The van der Waals surface area contributed by atoms with E-state index >= 15 is 0 Å². The van der Waals surface area contributed by atoms with E-state index in [1.807, 2.05) is 18.2 Å². The standard InChI is InChI=1S/C21H18FN3O5S/c22-14-3-6-18-19(8-14)31(29,30)25(21(28)23-18)11-20(27)24-10-13-7-15(24)9-17(13)12-1-4-16(26)5-2-12/h1-6,8-9,13,15,26H,7,10-11H2,(H,23,28)/t13-,15-/m0/s1. The number of urea groups is 1. The fourth-order valence-electron chi connectivity index (χ4n) is 4.45. The smallest absolute Gasteiger partial charge is 0.336 e. The van der Waals surface area contributed by atoms with Gasteiger partial charge in [-0.25, -0.2) is 21.9 Å². The van der Waals surface area contributed by atoms with Gasteiger partial charge in [-0.1, -0.05) is 18.2 Å². The third-order valence-corrected chi connectivity index (χ3v) is 7.70. The summed E-state index contributed by atoms with van der Waals surface area (Å²) in [7, 11) is -4.36. The molecular formula is C21H18FN3O5S. The fraction of sp³-hybridized carbons (Fsp3) is 0.238. The van der Waals surface area contributed by atoms with Crippen molar-refractivity contribution in [3.63, 3.8) is 0 Å². The van der Waals surface area contributed by atoms with Gasteiger partial charge in [0.15, 0.2) is 0 Å². The van der Waals surface area contributed by atoms with Crippen molar-refractivity contribution in [1.29, 1.82) is 0 Å². The lowest BCUT2D eigenvalue weighted by atomic mass is 9.95. The molecule has 2 aromatic rings. The Hall–Kier alpha value is -3.40. The minimum absolute atomic E-state index is 0.0169. The number of phenols is 1. The van der Waals surface area contributed by atoms with E-state index in [-0.39, 0.29) is 28.3 Å². The number of carbonyl (C=O) groups is 2. The van der Waals surface area contributed by atoms with Crippen LogP contribution in [0.1, 0.15) is 12.0 Å². The Morgan fingerprint density at radius 2 is 1.94 bits per heavy atom. The van der Waals surface area contributed by atoms with Gasteiger partial charge in [0.25, 0.3) is 10.0 Å². The van der Waals surface area contributed by atoms with Gasteiger partial charge in [-0.2, -0.15) is 0 Å². The van der Waals surface area contributed by atoms with Gasteiger partial charge >= 0.3 is 6.03 Å². The number of phenolic OH excluding ortho intramolecular Hbond substituents is 1. The number of amides is 3. The number of halogens is 1. The molecule has 0 saturated carbocycles. The number of anilines is 1. The zero-order valence-electron chi connectivity index (χ0n) is 16.2. The lowest BCUT2D eigenvalue weighted by Crippen LogP contribution is -2.50. The highest BCUT2D eigenvalue weighted by atomic mass is 32.2. The predicted molar refractivity (Wildman–Crippen MR) is 109 cm³/mol. The summed E-state index contributed by atoms with van der Waals surface area (Å²) >= 11 is 0. The number of nitrogens with one attached hydrogen (secondary N) is 1. The lowest BCUT2D eigenvalue weighted by Gasteiger charge is -2.32. The van der Waals surface area contributed by atoms with Crippen LogP contribution >= 0.6 is 0 Å². The average molecular weight is 443 g/mol. The van der Waals surface area contributed by atoms with Crippen LogP contribution in [0.5, 0.6) is 5.75 Å². The van der Waals surface area contributed by atoms with E-state index in [1.54, 1.807) is 17.0 Å². The van der Waals surface area contributed by atoms with Crippen LogP contribution in [-0.2, 0) is 14.8 Å². The Kier molecular flexibility index (Phi) is 4.30. The SMILES string of the molecule is O=C(CN1C(=O)Nc2ccc(F)cc2S1(=O)=O)N1C[C@@H]2C[C@H]1C=C2c1ccc(O)cc1. The van der Waals surface area contributed by atoms with Crippen LogP contribution in [0.4, 0.5) is 14.9 Å². The van der Waals surface area contributed by atoms with Crippen LogP contribution in [0, 0.1) is 11.7 Å². The van der Waals surface area contributed by atoms with Crippen LogP contribution in [0.25, 0.3) is 5.57 Å². The first-order valence-corrected chi connectivity index (χ1v) is 11.1. The second-order valence-electron chi connectivity index (χ2n) is 7.80. The lowest BCUT2D eigenvalue weighted by molar-refractivity contribution is -0.131. The van der Waals surface area contributed by atoms with E-state index in [2.05, 4.69) is 5.32 Å². The van der Waals surface area contributed by atoms with E-state index in [0.29, 0.717) is 10.8 Å². The van der Waals surface area contributed by atoms with E-state index in [4.69, 9.17) is 0 Å². The molecule has 2 aromatic carbocycles. The van der Waals surface area contributed by atoms with Crippen LogP contribution in [0.2, 0.25) is 0 Å². The molecule has 2 heterocycles. The molecule has 1 fully saturated rings. The number of nitrogens with zero attached hydrogens (tertiary/aromatic N) is 2. The molecule has 2 bridgehead atoms. The highest BCUT2D eigenvalue weighted by Crippen LogP contribution is 2.42. The molecule has 0 spiro atoms. The third-order valence-electron chi connectivity index (χ3n) is 5.93. The topological polar surface area (TPSA) is 107 Å². The van der Waals surface area contributed by atoms with Gasteiger partial charge in [-0.3, -0.25) is 4.79 Å². The molecule has 1 aliphatic carbocycles.